The number of benzene rings is 1. The van der Waals surface area contributed by atoms with Gasteiger partial charge in [0.15, 0.2) is 5.43 Å². The molecule has 0 atom stereocenters. The van der Waals surface area contributed by atoms with Gasteiger partial charge in [0.25, 0.3) is 0 Å². The molecule has 2 heterocycles. The first-order valence-corrected chi connectivity index (χ1v) is 6.46. The van der Waals surface area contributed by atoms with Gasteiger partial charge in [-0.2, -0.15) is 0 Å². The zero-order valence-electron chi connectivity index (χ0n) is 10.9. The standard InChI is InChI=1S/C16H14N2O2/c19-10-9-18-14(12-5-2-1-3-6-12)11-15(20)13-7-4-8-17-16(13)18/h1-8,11,19H,9-10H2. The van der Waals surface area contributed by atoms with Gasteiger partial charge < -0.3 is 9.67 Å². The summed E-state index contributed by atoms with van der Waals surface area (Å²) in [7, 11) is 0. The number of aliphatic hydroxyl groups excluding tert-OH is 1. The molecular formula is C16H14N2O2. The van der Waals surface area contributed by atoms with Crippen molar-refractivity contribution in [3.05, 3.63) is 65.0 Å². The van der Waals surface area contributed by atoms with Crippen LogP contribution in [0.4, 0.5) is 0 Å². The molecule has 0 aliphatic rings. The van der Waals surface area contributed by atoms with Crippen LogP contribution in [0.1, 0.15) is 0 Å². The Labute approximate surface area is 116 Å². The summed E-state index contributed by atoms with van der Waals surface area (Å²) in [5.74, 6) is 0. The molecule has 2 aromatic heterocycles. The molecule has 3 rings (SSSR count). The predicted molar refractivity (Wildman–Crippen MR) is 78.5 cm³/mol. The van der Waals surface area contributed by atoms with Gasteiger partial charge in [0.1, 0.15) is 5.65 Å². The van der Waals surface area contributed by atoms with E-state index in [0.717, 1.165) is 11.3 Å². The number of nitrogens with zero attached hydrogens (tertiary/aromatic N) is 2. The van der Waals surface area contributed by atoms with E-state index in [-0.39, 0.29) is 12.0 Å². The van der Waals surface area contributed by atoms with Crippen molar-refractivity contribution in [1.82, 2.24) is 9.55 Å². The maximum absolute atomic E-state index is 12.2. The van der Waals surface area contributed by atoms with Crippen molar-refractivity contribution in [3.63, 3.8) is 0 Å². The van der Waals surface area contributed by atoms with Crippen molar-refractivity contribution in [2.45, 2.75) is 6.54 Å². The molecule has 0 bridgehead atoms. The van der Waals surface area contributed by atoms with Crippen LogP contribution in [0.3, 0.4) is 0 Å². The lowest BCUT2D eigenvalue weighted by Gasteiger charge is -2.15. The first-order valence-electron chi connectivity index (χ1n) is 6.46. The summed E-state index contributed by atoms with van der Waals surface area (Å²) in [6, 6.07) is 14.8. The number of hydrogen-bond donors (Lipinski definition) is 1. The molecule has 0 unspecified atom stereocenters. The number of hydrogen-bond acceptors (Lipinski definition) is 3. The molecule has 1 N–H and O–H groups in total. The number of pyridine rings is 2. The van der Waals surface area contributed by atoms with Crippen LogP contribution < -0.4 is 5.43 Å². The molecule has 3 aromatic rings. The zero-order chi connectivity index (χ0) is 13.9. The summed E-state index contributed by atoms with van der Waals surface area (Å²) in [4.78, 5) is 16.5. The van der Waals surface area contributed by atoms with Gasteiger partial charge >= 0.3 is 0 Å². The van der Waals surface area contributed by atoms with E-state index in [0.29, 0.717) is 17.6 Å². The second-order valence-corrected chi connectivity index (χ2v) is 4.51. The van der Waals surface area contributed by atoms with E-state index in [1.54, 1.807) is 24.4 Å². The van der Waals surface area contributed by atoms with Gasteiger partial charge in [-0.15, -0.1) is 0 Å². The van der Waals surface area contributed by atoms with Gasteiger partial charge in [0, 0.05) is 18.8 Å². The third kappa shape index (κ3) is 2.10. The Hall–Kier alpha value is -2.46. The number of aliphatic hydroxyl groups is 1. The Kier molecular flexibility index (Phi) is 3.31. The summed E-state index contributed by atoms with van der Waals surface area (Å²) in [5.41, 5.74) is 2.26. The highest BCUT2D eigenvalue weighted by Crippen LogP contribution is 2.21. The zero-order valence-corrected chi connectivity index (χ0v) is 10.9. The van der Waals surface area contributed by atoms with E-state index in [1.807, 2.05) is 34.9 Å². The molecule has 1 aromatic carbocycles. The summed E-state index contributed by atoms with van der Waals surface area (Å²) in [5, 5.41) is 9.86. The molecule has 20 heavy (non-hydrogen) atoms. The van der Waals surface area contributed by atoms with Crippen LogP contribution in [0.5, 0.6) is 0 Å². The van der Waals surface area contributed by atoms with Crippen molar-refractivity contribution in [3.8, 4) is 11.3 Å². The van der Waals surface area contributed by atoms with E-state index >= 15 is 0 Å². The lowest BCUT2D eigenvalue weighted by atomic mass is 10.1. The molecule has 0 spiro atoms. The molecular weight excluding hydrogens is 252 g/mol. The highest BCUT2D eigenvalue weighted by atomic mass is 16.3. The van der Waals surface area contributed by atoms with E-state index in [4.69, 9.17) is 0 Å². The summed E-state index contributed by atoms with van der Waals surface area (Å²) >= 11 is 0. The number of fused-ring (bicyclic) bond motifs is 1. The first kappa shape index (κ1) is 12.6. The maximum Gasteiger partial charge on any atom is 0.191 e. The molecule has 0 aliphatic carbocycles. The van der Waals surface area contributed by atoms with E-state index in [2.05, 4.69) is 4.98 Å². The third-order valence-corrected chi connectivity index (χ3v) is 3.26. The minimum absolute atomic E-state index is 0.00558. The van der Waals surface area contributed by atoms with Crippen LogP contribution in [-0.2, 0) is 6.54 Å². The van der Waals surface area contributed by atoms with Crippen LogP contribution in [0, 0.1) is 0 Å². The van der Waals surface area contributed by atoms with Crippen LogP contribution >= 0.6 is 0 Å². The van der Waals surface area contributed by atoms with Crippen molar-refractivity contribution in [1.29, 1.82) is 0 Å². The van der Waals surface area contributed by atoms with Gasteiger partial charge in [-0.25, -0.2) is 4.98 Å². The van der Waals surface area contributed by atoms with Gasteiger partial charge in [0.05, 0.1) is 17.7 Å². The molecule has 4 heteroatoms. The van der Waals surface area contributed by atoms with Crippen LogP contribution in [0.2, 0.25) is 0 Å². The normalized spacial score (nSPS) is 10.8. The molecule has 100 valence electrons. The fourth-order valence-corrected chi connectivity index (χ4v) is 2.37. The maximum atomic E-state index is 12.2. The van der Waals surface area contributed by atoms with Crippen molar-refractivity contribution < 1.29 is 5.11 Å². The summed E-state index contributed by atoms with van der Waals surface area (Å²) < 4.78 is 1.88. The van der Waals surface area contributed by atoms with Crippen molar-refractivity contribution >= 4 is 11.0 Å². The molecule has 0 saturated carbocycles. The number of aromatic nitrogens is 2. The summed E-state index contributed by atoms with van der Waals surface area (Å²) in [6.07, 6.45) is 1.66. The average Bonchev–Trinajstić information content (AvgIpc) is 2.51. The Morgan fingerprint density at radius 3 is 2.65 bits per heavy atom. The highest BCUT2D eigenvalue weighted by Gasteiger charge is 2.10. The van der Waals surface area contributed by atoms with Crippen molar-refractivity contribution in [2.75, 3.05) is 6.61 Å². The van der Waals surface area contributed by atoms with Gasteiger partial charge in [-0.05, 0) is 17.7 Å². The minimum atomic E-state index is -0.0545. The van der Waals surface area contributed by atoms with E-state index in [1.165, 1.54) is 0 Å². The minimum Gasteiger partial charge on any atom is -0.395 e. The third-order valence-electron chi connectivity index (χ3n) is 3.26. The van der Waals surface area contributed by atoms with E-state index < -0.39 is 0 Å². The Morgan fingerprint density at radius 2 is 1.90 bits per heavy atom. The fraction of sp³-hybridized carbons (Fsp3) is 0.125. The molecule has 0 fully saturated rings. The second kappa shape index (κ2) is 5.27. The first-order chi connectivity index (χ1) is 9.81. The topological polar surface area (TPSA) is 55.1 Å². The van der Waals surface area contributed by atoms with E-state index in [9.17, 15) is 9.90 Å². The lowest BCUT2D eigenvalue weighted by Crippen LogP contribution is -2.14. The van der Waals surface area contributed by atoms with Crippen LogP contribution in [0.25, 0.3) is 22.3 Å². The highest BCUT2D eigenvalue weighted by molar-refractivity contribution is 5.79. The lowest BCUT2D eigenvalue weighted by molar-refractivity contribution is 0.278. The van der Waals surface area contributed by atoms with Gasteiger partial charge in [-0.3, -0.25) is 4.79 Å². The quantitative estimate of drug-likeness (QED) is 0.789. The Balaban J connectivity index is 2.37. The average molecular weight is 266 g/mol. The second-order valence-electron chi connectivity index (χ2n) is 4.51. The Bertz CT molecular complexity index is 794. The van der Waals surface area contributed by atoms with Crippen LogP contribution in [-0.4, -0.2) is 21.3 Å². The van der Waals surface area contributed by atoms with Gasteiger partial charge in [0.2, 0.25) is 0 Å². The van der Waals surface area contributed by atoms with Crippen LogP contribution in [0.15, 0.2) is 59.5 Å². The molecule has 0 aliphatic heterocycles. The molecule has 0 amide bonds. The SMILES string of the molecule is O=c1cc(-c2ccccc2)n(CCO)c2ncccc12. The smallest absolute Gasteiger partial charge is 0.191 e. The Morgan fingerprint density at radius 1 is 1.10 bits per heavy atom. The fourth-order valence-electron chi connectivity index (χ4n) is 2.37. The molecule has 0 radical (unpaired) electrons. The van der Waals surface area contributed by atoms with Gasteiger partial charge in [-0.1, -0.05) is 30.3 Å². The molecule has 0 saturated heterocycles. The summed E-state index contributed by atoms with van der Waals surface area (Å²) in [6.45, 7) is 0.395. The predicted octanol–water partition coefficient (Wildman–Crippen LogP) is 2.06. The monoisotopic (exact) mass is 266 g/mol. The molecule has 4 nitrogen and oxygen atoms in total. The largest absolute Gasteiger partial charge is 0.395 e. The number of rotatable bonds is 3. The van der Waals surface area contributed by atoms with Crippen molar-refractivity contribution in [2.24, 2.45) is 0 Å².